The first-order valence-corrected chi connectivity index (χ1v) is 13.2. The first kappa shape index (κ1) is 28.5. The minimum Gasteiger partial charge on any atom is -0.481 e. The van der Waals surface area contributed by atoms with Gasteiger partial charge in [-0.2, -0.15) is 9.97 Å². The Morgan fingerprint density at radius 3 is 2.18 bits per heavy atom. The van der Waals surface area contributed by atoms with E-state index in [4.69, 9.17) is 31.2 Å². The average molecular weight is 582 g/mol. The van der Waals surface area contributed by atoms with Gasteiger partial charge in [0, 0.05) is 11.8 Å². The molecule has 0 saturated heterocycles. The van der Waals surface area contributed by atoms with Gasteiger partial charge in [-0.15, -0.1) is 11.3 Å². The van der Waals surface area contributed by atoms with Crippen molar-refractivity contribution >= 4 is 67.1 Å². The summed E-state index contributed by atoms with van der Waals surface area (Å²) in [7, 11) is 1.16. The Hall–Kier alpha value is -4.02. The van der Waals surface area contributed by atoms with Gasteiger partial charge in [0.2, 0.25) is 5.88 Å². The van der Waals surface area contributed by atoms with Crippen LogP contribution in [0.2, 0.25) is 0 Å². The largest absolute Gasteiger partial charge is 0.481 e. The second-order valence-corrected chi connectivity index (χ2v) is 10.3. The predicted molar refractivity (Wildman–Crippen MR) is 144 cm³/mol. The standard InChI is InChI=1S/C22H23N5O8S3/c1-11-16(19(28)33-3)18(37-17(11)20(29)34-4)26-22(36)23-12-6-8-13(9-7-12)38(30,31)27-14-10-15(32-2)25-21(24-14)35-5/h6-10H,1-5H3,(H2,23,26,36)(H,24,25,27). The molecule has 2 heterocycles. The Bertz CT molecular complexity index is 1450. The van der Waals surface area contributed by atoms with Gasteiger partial charge < -0.3 is 29.6 Å². The van der Waals surface area contributed by atoms with Gasteiger partial charge in [0.25, 0.3) is 10.0 Å². The number of sulfonamides is 1. The number of thiophene rings is 1. The van der Waals surface area contributed by atoms with Gasteiger partial charge in [-0.3, -0.25) is 4.72 Å². The smallest absolute Gasteiger partial charge is 0.348 e. The lowest BCUT2D eigenvalue weighted by Crippen LogP contribution is -2.20. The van der Waals surface area contributed by atoms with E-state index >= 15 is 0 Å². The molecule has 16 heteroatoms. The highest BCUT2D eigenvalue weighted by molar-refractivity contribution is 7.92. The first-order valence-electron chi connectivity index (χ1n) is 10.5. The third-order valence-electron chi connectivity index (χ3n) is 4.87. The minimum atomic E-state index is -4.01. The molecule has 38 heavy (non-hydrogen) atoms. The molecule has 0 atom stereocenters. The molecule has 202 valence electrons. The molecule has 1 aromatic carbocycles. The molecule has 0 aliphatic carbocycles. The van der Waals surface area contributed by atoms with Gasteiger partial charge in [0.15, 0.2) is 10.9 Å². The zero-order valence-electron chi connectivity index (χ0n) is 20.8. The molecule has 0 aliphatic heterocycles. The highest BCUT2D eigenvalue weighted by Crippen LogP contribution is 2.34. The highest BCUT2D eigenvalue weighted by atomic mass is 32.2. The van der Waals surface area contributed by atoms with Crippen molar-refractivity contribution in [3.63, 3.8) is 0 Å². The lowest BCUT2D eigenvalue weighted by Gasteiger charge is -2.12. The summed E-state index contributed by atoms with van der Waals surface area (Å²) in [6.07, 6.45) is 0. The van der Waals surface area contributed by atoms with Crippen LogP contribution < -0.4 is 24.8 Å². The quantitative estimate of drug-likeness (QED) is 0.249. The van der Waals surface area contributed by atoms with Crippen molar-refractivity contribution in [2.24, 2.45) is 0 Å². The number of hydrogen-bond donors (Lipinski definition) is 3. The Balaban J connectivity index is 1.75. The van der Waals surface area contributed by atoms with E-state index in [0.717, 1.165) is 11.3 Å². The fraction of sp³-hybridized carbons (Fsp3) is 0.227. The number of ether oxygens (including phenoxy) is 4. The van der Waals surface area contributed by atoms with Crippen LogP contribution >= 0.6 is 23.6 Å². The van der Waals surface area contributed by atoms with Crippen molar-refractivity contribution in [2.45, 2.75) is 11.8 Å². The number of rotatable bonds is 9. The average Bonchev–Trinajstić information content (AvgIpc) is 3.22. The van der Waals surface area contributed by atoms with Gasteiger partial charge in [0.05, 0.1) is 38.9 Å². The molecule has 3 rings (SSSR count). The Morgan fingerprint density at radius 2 is 1.61 bits per heavy atom. The molecule has 2 aromatic heterocycles. The van der Waals surface area contributed by atoms with Crippen LogP contribution in [0, 0.1) is 6.92 Å². The summed E-state index contributed by atoms with van der Waals surface area (Å²) in [4.78, 5) is 32.4. The summed E-state index contributed by atoms with van der Waals surface area (Å²) in [6.45, 7) is 1.59. The van der Waals surface area contributed by atoms with Crippen molar-refractivity contribution in [3.05, 3.63) is 46.3 Å². The number of nitrogens with one attached hydrogen (secondary N) is 3. The van der Waals surface area contributed by atoms with Gasteiger partial charge >= 0.3 is 17.9 Å². The van der Waals surface area contributed by atoms with E-state index in [2.05, 4.69) is 25.3 Å². The Kier molecular flexibility index (Phi) is 9.03. The second kappa shape index (κ2) is 12.0. The van der Waals surface area contributed by atoms with E-state index in [0.29, 0.717) is 11.3 Å². The number of hydrogen-bond acceptors (Lipinski definition) is 12. The molecule has 3 aromatic rings. The number of esters is 2. The van der Waals surface area contributed by atoms with E-state index in [9.17, 15) is 18.0 Å². The van der Waals surface area contributed by atoms with Gasteiger partial charge in [0.1, 0.15) is 9.88 Å². The van der Waals surface area contributed by atoms with Crippen molar-refractivity contribution in [1.82, 2.24) is 9.97 Å². The fourth-order valence-corrected chi connectivity index (χ4v) is 5.46. The summed E-state index contributed by atoms with van der Waals surface area (Å²) in [5.41, 5.74) is 0.987. The zero-order valence-corrected chi connectivity index (χ0v) is 23.2. The number of thiocarbonyl (C=S) groups is 1. The van der Waals surface area contributed by atoms with Gasteiger partial charge in [-0.1, -0.05) is 0 Å². The van der Waals surface area contributed by atoms with Crippen molar-refractivity contribution in [3.8, 4) is 11.9 Å². The van der Waals surface area contributed by atoms with Crippen LogP contribution in [0.3, 0.4) is 0 Å². The third-order valence-corrected chi connectivity index (χ3v) is 7.63. The second-order valence-electron chi connectivity index (χ2n) is 7.23. The summed E-state index contributed by atoms with van der Waals surface area (Å²) >= 11 is 6.32. The summed E-state index contributed by atoms with van der Waals surface area (Å²) in [5, 5.41) is 6.14. The lowest BCUT2D eigenvalue weighted by atomic mass is 10.1. The summed E-state index contributed by atoms with van der Waals surface area (Å²) in [5.74, 6) is -1.18. The zero-order chi connectivity index (χ0) is 28.0. The van der Waals surface area contributed by atoms with Crippen LogP contribution in [0.25, 0.3) is 0 Å². The van der Waals surface area contributed by atoms with Crippen molar-refractivity contribution in [1.29, 1.82) is 0 Å². The maximum Gasteiger partial charge on any atom is 0.348 e. The monoisotopic (exact) mass is 581 g/mol. The SMILES string of the molecule is COC(=O)c1sc(NC(=S)Nc2ccc(S(=O)(=O)Nc3cc(OC)nc(OC)n3)cc2)c(C(=O)OC)c1C. The Morgan fingerprint density at radius 1 is 0.947 bits per heavy atom. The molecule has 0 radical (unpaired) electrons. The molecule has 0 spiro atoms. The number of aromatic nitrogens is 2. The normalized spacial score (nSPS) is 10.8. The minimum absolute atomic E-state index is 0.0414. The van der Waals surface area contributed by atoms with Crippen molar-refractivity contribution in [2.75, 3.05) is 43.8 Å². The summed E-state index contributed by atoms with van der Waals surface area (Å²) < 4.78 is 47.6. The van der Waals surface area contributed by atoms with Gasteiger partial charge in [-0.25, -0.2) is 18.0 Å². The number of carbonyl (C=O) groups excluding carboxylic acids is 2. The molecule has 0 fully saturated rings. The molecule has 0 aliphatic rings. The van der Waals surface area contributed by atoms with Crippen LogP contribution in [0.15, 0.2) is 35.2 Å². The molecular weight excluding hydrogens is 558 g/mol. The van der Waals surface area contributed by atoms with E-state index in [1.807, 2.05) is 0 Å². The van der Waals surface area contributed by atoms with Crippen LogP contribution in [0.4, 0.5) is 16.5 Å². The molecule has 0 amide bonds. The Labute approximate surface area is 227 Å². The van der Waals surface area contributed by atoms with Crippen LogP contribution in [0.1, 0.15) is 25.6 Å². The molecule has 13 nitrogen and oxygen atoms in total. The van der Waals surface area contributed by atoms with Crippen molar-refractivity contribution < 1.29 is 37.0 Å². The molecular formula is C22H23N5O8S3. The number of anilines is 3. The number of nitrogens with zero attached hydrogens (tertiary/aromatic N) is 2. The van der Waals surface area contributed by atoms with Gasteiger partial charge in [-0.05, 0) is 49.0 Å². The molecule has 0 saturated carbocycles. The maximum absolute atomic E-state index is 12.8. The van der Waals surface area contributed by atoms with Crippen LogP contribution in [-0.4, -0.2) is 63.9 Å². The van der Waals surface area contributed by atoms with Crippen LogP contribution in [-0.2, 0) is 19.5 Å². The predicted octanol–water partition coefficient (Wildman–Crippen LogP) is 3.05. The van der Waals surface area contributed by atoms with Crippen LogP contribution in [0.5, 0.6) is 11.9 Å². The maximum atomic E-state index is 12.8. The first-order chi connectivity index (χ1) is 18.0. The summed E-state index contributed by atoms with van der Waals surface area (Å²) in [6, 6.07) is 6.92. The molecule has 0 bridgehead atoms. The number of carbonyl (C=O) groups is 2. The fourth-order valence-electron chi connectivity index (χ4n) is 3.07. The molecule has 3 N–H and O–H groups in total. The lowest BCUT2D eigenvalue weighted by molar-refractivity contribution is 0.0601. The topological polar surface area (TPSA) is 167 Å². The van der Waals surface area contributed by atoms with E-state index in [-0.39, 0.29) is 43.2 Å². The van der Waals surface area contributed by atoms with E-state index in [1.165, 1.54) is 58.8 Å². The highest BCUT2D eigenvalue weighted by Gasteiger charge is 2.26. The molecule has 0 unspecified atom stereocenters. The number of benzene rings is 1. The van der Waals surface area contributed by atoms with E-state index in [1.54, 1.807) is 6.92 Å². The number of methoxy groups -OCH3 is 4. The van der Waals surface area contributed by atoms with E-state index < -0.39 is 22.0 Å². The third kappa shape index (κ3) is 6.45.